The van der Waals surface area contributed by atoms with Gasteiger partial charge in [-0.15, -0.1) is 11.6 Å². The Bertz CT molecular complexity index is 594. The van der Waals surface area contributed by atoms with Gasteiger partial charge in [0.05, 0.1) is 13.0 Å². The highest BCUT2D eigenvalue weighted by Crippen LogP contribution is 2.22. The van der Waals surface area contributed by atoms with Gasteiger partial charge in [-0.2, -0.15) is 0 Å². The van der Waals surface area contributed by atoms with E-state index in [1.807, 2.05) is 13.0 Å². The minimum absolute atomic E-state index is 0.219. The van der Waals surface area contributed by atoms with E-state index < -0.39 is 6.04 Å². The lowest BCUT2D eigenvalue weighted by atomic mass is 10.3. The lowest BCUT2D eigenvalue weighted by Gasteiger charge is -2.13. The number of alkyl halides is 1. The van der Waals surface area contributed by atoms with Crippen molar-refractivity contribution in [3.8, 4) is 0 Å². The first-order valence-electron chi connectivity index (χ1n) is 5.55. The van der Waals surface area contributed by atoms with Crippen LogP contribution >= 0.6 is 11.6 Å². The number of fused-ring (bicyclic) bond motifs is 1. The second kappa shape index (κ2) is 4.94. The summed E-state index contributed by atoms with van der Waals surface area (Å²) in [6.07, 6.45) is 1.74. The van der Waals surface area contributed by atoms with Crippen LogP contribution in [0, 0.1) is 6.92 Å². The summed E-state index contributed by atoms with van der Waals surface area (Å²) < 4.78 is 6.47. The molecule has 0 spiro atoms. The van der Waals surface area contributed by atoms with Crippen LogP contribution in [0.2, 0.25) is 0 Å². The fraction of sp³-hybridized carbons (Fsp3) is 0.417. The van der Waals surface area contributed by atoms with Gasteiger partial charge in [-0.25, -0.2) is 14.8 Å². The molecule has 0 radical (unpaired) electrons. The third-order valence-electron chi connectivity index (χ3n) is 2.79. The topological polar surface area (TPSA) is 57.0 Å². The van der Waals surface area contributed by atoms with Crippen molar-refractivity contribution in [1.82, 2.24) is 14.5 Å². The van der Waals surface area contributed by atoms with Gasteiger partial charge in [-0.05, 0) is 25.5 Å². The highest BCUT2D eigenvalue weighted by molar-refractivity contribution is 6.16. The third-order valence-corrected chi connectivity index (χ3v) is 3.03. The molecule has 5 nitrogen and oxygen atoms in total. The Kier molecular flexibility index (Phi) is 3.52. The highest BCUT2D eigenvalue weighted by atomic mass is 35.5. The first-order chi connectivity index (χ1) is 8.58. The maximum Gasteiger partial charge on any atom is 0.328 e. The number of nitrogens with zero attached hydrogens (tertiary/aromatic N) is 3. The molecule has 1 atom stereocenters. The quantitative estimate of drug-likeness (QED) is 0.632. The third kappa shape index (κ3) is 2.06. The predicted molar refractivity (Wildman–Crippen MR) is 68.5 cm³/mol. The molecule has 0 aliphatic carbocycles. The lowest BCUT2D eigenvalue weighted by molar-refractivity contribution is -0.143. The summed E-state index contributed by atoms with van der Waals surface area (Å²) in [5, 5.41) is 0. The molecular weight excluding hydrogens is 254 g/mol. The van der Waals surface area contributed by atoms with E-state index in [2.05, 4.69) is 9.97 Å². The van der Waals surface area contributed by atoms with Crippen LogP contribution in [0.4, 0.5) is 0 Å². The van der Waals surface area contributed by atoms with Crippen molar-refractivity contribution in [2.45, 2.75) is 25.8 Å². The first-order valence-corrected chi connectivity index (χ1v) is 6.09. The zero-order valence-electron chi connectivity index (χ0n) is 10.5. The Labute approximate surface area is 110 Å². The monoisotopic (exact) mass is 267 g/mol. The lowest BCUT2D eigenvalue weighted by Crippen LogP contribution is -2.19. The van der Waals surface area contributed by atoms with Gasteiger partial charge in [0.1, 0.15) is 17.4 Å². The van der Waals surface area contributed by atoms with E-state index in [0.29, 0.717) is 11.5 Å². The number of imidazole rings is 1. The average Bonchev–Trinajstić information content (AvgIpc) is 2.74. The predicted octanol–water partition coefficient (Wildman–Crippen LogP) is 2.21. The first kappa shape index (κ1) is 12.8. The molecule has 0 saturated heterocycles. The molecule has 6 heteroatoms. The van der Waals surface area contributed by atoms with Gasteiger partial charge in [-0.1, -0.05) is 0 Å². The largest absolute Gasteiger partial charge is 0.467 e. The number of hydrogen-bond acceptors (Lipinski definition) is 4. The minimum atomic E-state index is -0.496. The number of pyridine rings is 1. The maximum absolute atomic E-state index is 11.6. The zero-order valence-corrected chi connectivity index (χ0v) is 11.2. The maximum atomic E-state index is 11.6. The molecule has 0 N–H and O–H groups in total. The second-order valence-corrected chi connectivity index (χ2v) is 4.35. The van der Waals surface area contributed by atoms with Crippen LogP contribution in [-0.4, -0.2) is 27.6 Å². The summed E-state index contributed by atoms with van der Waals surface area (Å²) in [7, 11) is 1.36. The smallest absolute Gasteiger partial charge is 0.328 e. The van der Waals surface area contributed by atoms with Crippen LogP contribution < -0.4 is 0 Å². The number of aryl methyl sites for hydroxylation is 1. The van der Waals surface area contributed by atoms with E-state index in [1.165, 1.54) is 7.11 Å². The second-order valence-electron chi connectivity index (χ2n) is 4.09. The molecule has 0 saturated carbocycles. The number of esters is 1. The fourth-order valence-corrected chi connectivity index (χ4v) is 2.10. The summed E-state index contributed by atoms with van der Waals surface area (Å²) in [5.41, 5.74) is 2.40. The van der Waals surface area contributed by atoms with Gasteiger partial charge in [0.25, 0.3) is 0 Å². The number of carbonyl (C=O) groups excluding carboxylic acids is 1. The summed E-state index contributed by atoms with van der Waals surface area (Å²) >= 11 is 5.87. The molecule has 96 valence electrons. The number of carbonyl (C=O) groups is 1. The number of hydrogen-bond donors (Lipinski definition) is 0. The number of ether oxygens (including phenoxy) is 1. The summed E-state index contributed by atoms with van der Waals surface area (Å²) in [6.45, 7) is 3.68. The van der Waals surface area contributed by atoms with Gasteiger partial charge in [0.2, 0.25) is 0 Å². The average molecular weight is 268 g/mol. The van der Waals surface area contributed by atoms with Crippen molar-refractivity contribution in [2.24, 2.45) is 0 Å². The van der Waals surface area contributed by atoms with E-state index in [9.17, 15) is 4.79 Å². The van der Waals surface area contributed by atoms with Crippen LogP contribution in [0.25, 0.3) is 11.2 Å². The molecular formula is C12H14ClN3O2. The van der Waals surface area contributed by atoms with Crippen molar-refractivity contribution in [2.75, 3.05) is 7.11 Å². The van der Waals surface area contributed by atoms with Gasteiger partial charge in [0.15, 0.2) is 5.65 Å². The molecule has 1 unspecified atom stereocenters. The highest BCUT2D eigenvalue weighted by Gasteiger charge is 2.22. The minimum Gasteiger partial charge on any atom is -0.467 e. The van der Waals surface area contributed by atoms with Gasteiger partial charge in [-0.3, -0.25) is 4.57 Å². The van der Waals surface area contributed by atoms with Crippen LogP contribution in [0.1, 0.15) is 24.4 Å². The Morgan fingerprint density at radius 2 is 2.33 bits per heavy atom. The molecule has 2 rings (SSSR count). The summed E-state index contributed by atoms with van der Waals surface area (Å²) in [4.78, 5) is 20.4. The summed E-state index contributed by atoms with van der Waals surface area (Å²) in [5.74, 6) is 0.488. The Hall–Kier alpha value is -1.62. The van der Waals surface area contributed by atoms with E-state index >= 15 is 0 Å². The van der Waals surface area contributed by atoms with E-state index in [4.69, 9.17) is 16.3 Å². The zero-order chi connectivity index (χ0) is 13.3. The van der Waals surface area contributed by atoms with Crippen LogP contribution in [0.3, 0.4) is 0 Å². The van der Waals surface area contributed by atoms with Crippen LogP contribution in [-0.2, 0) is 15.4 Å². The number of halogens is 1. The van der Waals surface area contributed by atoms with Gasteiger partial charge >= 0.3 is 5.97 Å². The number of methoxy groups -OCH3 is 1. The fourth-order valence-electron chi connectivity index (χ4n) is 1.91. The van der Waals surface area contributed by atoms with Crippen LogP contribution in [0.5, 0.6) is 0 Å². The van der Waals surface area contributed by atoms with Crippen LogP contribution in [0.15, 0.2) is 12.3 Å². The van der Waals surface area contributed by atoms with E-state index in [1.54, 1.807) is 17.7 Å². The Morgan fingerprint density at radius 1 is 1.61 bits per heavy atom. The van der Waals surface area contributed by atoms with E-state index in [-0.39, 0.29) is 11.8 Å². The number of rotatable bonds is 3. The van der Waals surface area contributed by atoms with Crippen molar-refractivity contribution >= 4 is 28.7 Å². The molecule has 2 heterocycles. The molecule has 0 aliphatic rings. The SMILES string of the molecule is COC(=O)C(C)n1c(CCl)nc2cc(C)cnc21. The summed E-state index contributed by atoms with van der Waals surface area (Å²) in [6, 6.07) is 1.42. The van der Waals surface area contributed by atoms with Gasteiger partial charge in [0, 0.05) is 6.20 Å². The van der Waals surface area contributed by atoms with Gasteiger partial charge < -0.3 is 4.74 Å². The van der Waals surface area contributed by atoms with E-state index in [0.717, 1.165) is 11.1 Å². The molecule has 0 bridgehead atoms. The molecule has 0 amide bonds. The molecule has 0 fully saturated rings. The normalized spacial score (nSPS) is 12.7. The van der Waals surface area contributed by atoms with Crippen molar-refractivity contribution < 1.29 is 9.53 Å². The standard InChI is InChI=1S/C12H14ClN3O2/c1-7-4-9-11(14-6-7)16(10(5-13)15-9)8(2)12(17)18-3/h4,6,8H,5H2,1-3H3. The van der Waals surface area contributed by atoms with Crippen molar-refractivity contribution in [3.63, 3.8) is 0 Å². The number of aromatic nitrogens is 3. The molecule has 2 aromatic rings. The van der Waals surface area contributed by atoms with Crippen molar-refractivity contribution in [3.05, 3.63) is 23.7 Å². The Morgan fingerprint density at radius 3 is 2.94 bits per heavy atom. The van der Waals surface area contributed by atoms with Crippen molar-refractivity contribution in [1.29, 1.82) is 0 Å². The Balaban J connectivity index is 2.63. The molecule has 18 heavy (non-hydrogen) atoms. The molecule has 0 aromatic carbocycles. The molecule has 0 aliphatic heterocycles. The molecule has 2 aromatic heterocycles.